The van der Waals surface area contributed by atoms with Gasteiger partial charge in [0.05, 0.1) is 12.6 Å². The van der Waals surface area contributed by atoms with Crippen LogP contribution in [0.5, 0.6) is 0 Å². The van der Waals surface area contributed by atoms with Gasteiger partial charge in [-0.1, -0.05) is 45.7 Å². The Morgan fingerprint density at radius 3 is 2.74 bits per heavy atom. The highest BCUT2D eigenvalue weighted by Crippen LogP contribution is 2.22. The smallest absolute Gasteiger partial charge is 0.270 e. The van der Waals surface area contributed by atoms with Gasteiger partial charge in [-0.15, -0.1) is 0 Å². The Morgan fingerprint density at radius 1 is 1.30 bits per heavy atom. The van der Waals surface area contributed by atoms with E-state index in [2.05, 4.69) is 31.5 Å². The van der Waals surface area contributed by atoms with E-state index in [0.29, 0.717) is 5.02 Å². The molecule has 7 heteroatoms. The van der Waals surface area contributed by atoms with Gasteiger partial charge in [0.2, 0.25) is 5.91 Å². The van der Waals surface area contributed by atoms with Crippen LogP contribution in [-0.2, 0) is 4.79 Å². The molecule has 23 heavy (non-hydrogen) atoms. The van der Waals surface area contributed by atoms with E-state index < -0.39 is 5.91 Å². The standard InChI is InChI=1S/C16H15BrClN3O2/c1-10(12-4-2-3-5-13(12)17)21-15(22)9-20-16(23)14-8-11(18)6-7-19-14/h2-8,10H,9H2,1H3,(H,20,23)(H,21,22)/t10-/m1/s1. The number of carbonyl (C=O) groups is 2. The summed E-state index contributed by atoms with van der Waals surface area (Å²) >= 11 is 9.24. The molecule has 0 unspecified atom stereocenters. The molecule has 2 amide bonds. The first-order valence-corrected chi connectivity index (χ1v) is 8.08. The maximum Gasteiger partial charge on any atom is 0.270 e. The van der Waals surface area contributed by atoms with Crippen molar-refractivity contribution in [3.8, 4) is 0 Å². The molecule has 0 aliphatic carbocycles. The van der Waals surface area contributed by atoms with Gasteiger partial charge in [0.25, 0.3) is 5.91 Å². The molecule has 1 heterocycles. The van der Waals surface area contributed by atoms with Crippen LogP contribution in [0.25, 0.3) is 0 Å². The SMILES string of the molecule is C[C@@H](NC(=O)CNC(=O)c1cc(Cl)ccn1)c1ccccc1Br. The van der Waals surface area contributed by atoms with Crippen LogP contribution in [0.2, 0.25) is 5.02 Å². The highest BCUT2D eigenvalue weighted by atomic mass is 79.9. The summed E-state index contributed by atoms with van der Waals surface area (Å²) in [5, 5.41) is 5.75. The first kappa shape index (κ1) is 17.4. The third-order valence-corrected chi connectivity index (χ3v) is 4.07. The van der Waals surface area contributed by atoms with Gasteiger partial charge in [-0.25, -0.2) is 0 Å². The third-order valence-electron chi connectivity index (χ3n) is 3.11. The molecule has 0 fully saturated rings. The predicted molar refractivity (Wildman–Crippen MR) is 92.3 cm³/mol. The van der Waals surface area contributed by atoms with Crippen molar-refractivity contribution in [2.75, 3.05) is 6.54 Å². The Labute approximate surface area is 147 Å². The summed E-state index contributed by atoms with van der Waals surface area (Å²) in [4.78, 5) is 27.7. The van der Waals surface area contributed by atoms with Crippen molar-refractivity contribution in [2.24, 2.45) is 0 Å². The van der Waals surface area contributed by atoms with Gasteiger partial charge in [-0.05, 0) is 30.7 Å². The Kier molecular flexibility index (Phi) is 6.12. The van der Waals surface area contributed by atoms with Crippen molar-refractivity contribution < 1.29 is 9.59 Å². The molecule has 0 saturated carbocycles. The normalized spacial score (nSPS) is 11.6. The van der Waals surface area contributed by atoms with E-state index in [1.807, 2.05) is 31.2 Å². The second-order valence-corrected chi connectivity index (χ2v) is 6.14. The number of hydrogen-bond acceptors (Lipinski definition) is 3. The van der Waals surface area contributed by atoms with E-state index in [9.17, 15) is 9.59 Å². The lowest BCUT2D eigenvalue weighted by molar-refractivity contribution is -0.120. The van der Waals surface area contributed by atoms with Crippen LogP contribution >= 0.6 is 27.5 Å². The maximum absolute atomic E-state index is 12.0. The van der Waals surface area contributed by atoms with Crippen molar-refractivity contribution in [3.63, 3.8) is 0 Å². The van der Waals surface area contributed by atoms with E-state index in [1.165, 1.54) is 12.3 Å². The molecular weight excluding hydrogens is 382 g/mol. The molecule has 0 bridgehead atoms. The monoisotopic (exact) mass is 395 g/mol. The van der Waals surface area contributed by atoms with Gasteiger partial charge < -0.3 is 10.6 Å². The number of halogens is 2. The van der Waals surface area contributed by atoms with Crippen molar-refractivity contribution >= 4 is 39.3 Å². The number of nitrogens with one attached hydrogen (secondary N) is 2. The largest absolute Gasteiger partial charge is 0.348 e. The van der Waals surface area contributed by atoms with Crippen LogP contribution in [0, 0.1) is 0 Å². The molecule has 2 N–H and O–H groups in total. The number of amides is 2. The Hall–Kier alpha value is -1.92. The van der Waals surface area contributed by atoms with E-state index in [0.717, 1.165) is 10.0 Å². The fourth-order valence-electron chi connectivity index (χ4n) is 1.98. The number of nitrogens with zero attached hydrogens (tertiary/aromatic N) is 1. The fourth-order valence-corrected chi connectivity index (χ4v) is 2.76. The second-order valence-electron chi connectivity index (χ2n) is 4.85. The highest BCUT2D eigenvalue weighted by molar-refractivity contribution is 9.10. The summed E-state index contributed by atoms with van der Waals surface area (Å²) in [6.07, 6.45) is 1.44. The lowest BCUT2D eigenvalue weighted by Crippen LogP contribution is -2.38. The van der Waals surface area contributed by atoms with Crippen LogP contribution in [0.3, 0.4) is 0 Å². The maximum atomic E-state index is 12.0. The van der Waals surface area contributed by atoms with Crippen LogP contribution in [0.1, 0.15) is 29.0 Å². The molecule has 0 aliphatic heterocycles. The van der Waals surface area contributed by atoms with Gasteiger partial charge in [-0.3, -0.25) is 14.6 Å². The first-order valence-electron chi connectivity index (χ1n) is 6.91. The number of benzene rings is 1. The highest BCUT2D eigenvalue weighted by Gasteiger charge is 2.14. The molecule has 1 atom stereocenters. The summed E-state index contributed by atoms with van der Waals surface area (Å²) < 4.78 is 0.917. The Morgan fingerprint density at radius 2 is 2.04 bits per heavy atom. The molecule has 2 rings (SSSR count). The van der Waals surface area contributed by atoms with E-state index in [1.54, 1.807) is 6.07 Å². The van der Waals surface area contributed by atoms with Gasteiger partial charge >= 0.3 is 0 Å². The van der Waals surface area contributed by atoms with Crippen LogP contribution in [0.15, 0.2) is 47.1 Å². The Bertz CT molecular complexity index is 724. The lowest BCUT2D eigenvalue weighted by atomic mass is 10.1. The number of pyridine rings is 1. The zero-order valence-corrected chi connectivity index (χ0v) is 14.7. The van der Waals surface area contributed by atoms with E-state index in [-0.39, 0.29) is 24.2 Å². The zero-order valence-electron chi connectivity index (χ0n) is 12.3. The minimum atomic E-state index is -0.448. The molecule has 1 aromatic heterocycles. The summed E-state index contributed by atoms with van der Waals surface area (Å²) in [5.74, 6) is -0.736. The van der Waals surface area contributed by atoms with Gasteiger partial charge in [0.15, 0.2) is 0 Å². The zero-order chi connectivity index (χ0) is 16.8. The molecule has 0 spiro atoms. The van der Waals surface area contributed by atoms with Crippen molar-refractivity contribution in [1.29, 1.82) is 0 Å². The van der Waals surface area contributed by atoms with E-state index in [4.69, 9.17) is 11.6 Å². The van der Waals surface area contributed by atoms with Crippen molar-refractivity contribution in [1.82, 2.24) is 15.6 Å². The van der Waals surface area contributed by atoms with Crippen LogP contribution < -0.4 is 10.6 Å². The molecular formula is C16H15BrClN3O2. The van der Waals surface area contributed by atoms with Gasteiger partial charge in [0.1, 0.15) is 5.69 Å². The molecule has 5 nitrogen and oxygen atoms in total. The molecule has 0 aliphatic rings. The molecule has 1 aromatic carbocycles. The quantitative estimate of drug-likeness (QED) is 0.816. The predicted octanol–water partition coefficient (Wildman–Crippen LogP) is 3.10. The lowest BCUT2D eigenvalue weighted by Gasteiger charge is -2.16. The third kappa shape index (κ3) is 5.04. The van der Waals surface area contributed by atoms with Crippen LogP contribution in [-0.4, -0.2) is 23.3 Å². The molecule has 0 saturated heterocycles. The molecule has 2 aromatic rings. The summed E-state index contributed by atoms with van der Waals surface area (Å²) in [5.41, 5.74) is 1.13. The number of carbonyl (C=O) groups excluding carboxylic acids is 2. The number of hydrogen-bond donors (Lipinski definition) is 2. The minimum Gasteiger partial charge on any atom is -0.348 e. The number of rotatable bonds is 5. The summed E-state index contributed by atoms with van der Waals surface area (Å²) in [6, 6.07) is 10.5. The summed E-state index contributed by atoms with van der Waals surface area (Å²) in [6.45, 7) is 1.74. The van der Waals surface area contributed by atoms with Gasteiger partial charge in [0, 0.05) is 15.7 Å². The Balaban J connectivity index is 1.88. The fraction of sp³-hybridized carbons (Fsp3) is 0.188. The average Bonchev–Trinajstić information content (AvgIpc) is 2.53. The topological polar surface area (TPSA) is 71.1 Å². The average molecular weight is 397 g/mol. The molecule has 0 radical (unpaired) electrons. The number of aromatic nitrogens is 1. The van der Waals surface area contributed by atoms with Crippen molar-refractivity contribution in [3.05, 3.63) is 63.3 Å². The van der Waals surface area contributed by atoms with Crippen molar-refractivity contribution in [2.45, 2.75) is 13.0 Å². The summed E-state index contributed by atoms with van der Waals surface area (Å²) in [7, 11) is 0. The molecule has 120 valence electrons. The van der Waals surface area contributed by atoms with E-state index >= 15 is 0 Å². The second kappa shape index (κ2) is 8.08. The van der Waals surface area contributed by atoms with Crippen LogP contribution in [0.4, 0.5) is 0 Å². The van der Waals surface area contributed by atoms with Gasteiger partial charge in [-0.2, -0.15) is 0 Å². The minimum absolute atomic E-state index is 0.137. The first-order chi connectivity index (χ1) is 11.0.